The Morgan fingerprint density at radius 3 is 2.82 bits per heavy atom. The van der Waals surface area contributed by atoms with Crippen molar-refractivity contribution in [2.75, 3.05) is 6.61 Å². The molecule has 1 heterocycles. The highest BCUT2D eigenvalue weighted by Crippen LogP contribution is 2.21. The van der Waals surface area contributed by atoms with E-state index in [0.717, 1.165) is 0 Å². The van der Waals surface area contributed by atoms with Gasteiger partial charge >= 0.3 is 5.97 Å². The lowest BCUT2D eigenvalue weighted by atomic mass is 10.5. The Labute approximate surface area is 74.5 Å². The van der Waals surface area contributed by atoms with Crippen LogP contribution in [0.15, 0.2) is 10.6 Å². The van der Waals surface area contributed by atoms with E-state index >= 15 is 0 Å². The Balaban J connectivity index is 0.000001000. The number of halogens is 1. The fraction of sp³-hybridized carbons (Fsp3) is 0.571. The third-order valence-electron chi connectivity index (χ3n) is 1.02. The first-order valence-electron chi connectivity index (χ1n) is 2.93. The summed E-state index contributed by atoms with van der Waals surface area (Å²) >= 11 is 3.14. The first-order valence-corrected chi connectivity index (χ1v) is 3.72. The maximum Gasteiger partial charge on any atom is 0.334 e. The molecule has 1 aliphatic rings. The van der Waals surface area contributed by atoms with Crippen LogP contribution in [0.25, 0.3) is 0 Å². The summed E-state index contributed by atoms with van der Waals surface area (Å²) in [7, 11) is 0. The van der Waals surface area contributed by atoms with Crippen LogP contribution < -0.4 is 0 Å². The zero-order chi connectivity index (χ0) is 7.56. The normalized spacial score (nSPS) is 22.2. The first kappa shape index (κ1) is 10.7. The summed E-state index contributed by atoms with van der Waals surface area (Å²) < 4.78 is 10.4. The van der Waals surface area contributed by atoms with Gasteiger partial charge in [-0.3, -0.25) is 0 Å². The number of rotatable bonds is 2. The van der Waals surface area contributed by atoms with E-state index in [0.29, 0.717) is 11.1 Å². The Kier molecular flexibility index (Phi) is 4.37. The molecule has 0 spiro atoms. The summed E-state index contributed by atoms with van der Waals surface area (Å²) in [6, 6.07) is 0. The van der Waals surface area contributed by atoms with Crippen LogP contribution in [0.1, 0.15) is 14.4 Å². The molecule has 1 aliphatic heterocycles. The van der Waals surface area contributed by atoms with Crippen LogP contribution in [0.4, 0.5) is 0 Å². The minimum Gasteiger partial charge on any atom is -0.427 e. The van der Waals surface area contributed by atoms with Gasteiger partial charge in [0.2, 0.25) is 6.29 Å². The van der Waals surface area contributed by atoms with E-state index in [4.69, 9.17) is 9.47 Å². The van der Waals surface area contributed by atoms with Gasteiger partial charge in [0.25, 0.3) is 0 Å². The molecule has 3 nitrogen and oxygen atoms in total. The molecule has 0 aromatic heterocycles. The Morgan fingerprint density at radius 1 is 1.82 bits per heavy atom. The summed E-state index contributed by atoms with van der Waals surface area (Å²) in [5, 5.41) is 0. The second-order valence-electron chi connectivity index (χ2n) is 1.75. The lowest BCUT2D eigenvalue weighted by Crippen LogP contribution is -2.13. The predicted molar refractivity (Wildman–Crippen MR) is 45.2 cm³/mol. The number of hydrogen-bond acceptors (Lipinski definition) is 3. The van der Waals surface area contributed by atoms with Crippen molar-refractivity contribution in [3.05, 3.63) is 10.6 Å². The third-order valence-corrected chi connectivity index (χ3v) is 1.62. The minimum atomic E-state index is -0.516. The van der Waals surface area contributed by atoms with E-state index in [-0.39, 0.29) is 13.4 Å². The monoisotopic (exact) mass is 222 g/mol. The molecule has 1 rings (SSSR count). The zero-order valence-electron chi connectivity index (χ0n) is 5.46. The van der Waals surface area contributed by atoms with Gasteiger partial charge in [-0.15, -0.1) is 0 Å². The van der Waals surface area contributed by atoms with Gasteiger partial charge in [-0.05, 0) is 22.9 Å². The number of ether oxygens (including phenoxy) is 2. The second-order valence-corrected chi connectivity index (χ2v) is 2.67. The van der Waals surface area contributed by atoms with Crippen LogP contribution in [0, 0.1) is 0 Å². The van der Waals surface area contributed by atoms with Gasteiger partial charge < -0.3 is 9.47 Å². The number of hydrogen-bond donors (Lipinski definition) is 0. The molecular weight excluding hydrogens is 212 g/mol. The average Bonchev–Trinajstić information content (AvgIpc) is 2.13. The van der Waals surface area contributed by atoms with Gasteiger partial charge in [0, 0.05) is 12.7 Å². The molecule has 1 atom stereocenters. The van der Waals surface area contributed by atoms with E-state index in [1.54, 1.807) is 0 Å². The maximum atomic E-state index is 10.5. The van der Waals surface area contributed by atoms with Gasteiger partial charge in [-0.2, -0.15) is 0 Å². The topological polar surface area (TPSA) is 35.5 Å². The van der Waals surface area contributed by atoms with Crippen molar-refractivity contribution in [3.63, 3.8) is 0 Å². The molecule has 0 saturated heterocycles. The molecule has 0 saturated carbocycles. The fourth-order valence-corrected chi connectivity index (χ4v) is 1.05. The molecule has 64 valence electrons. The molecule has 0 fully saturated rings. The second kappa shape index (κ2) is 4.51. The molecule has 11 heavy (non-hydrogen) atoms. The number of carbonyl (C=O) groups excluding carboxylic acids is 1. The molecule has 0 N–H and O–H groups in total. The SMILES string of the molecule is C.CCOC1OC(=O)C=C1Br. The van der Waals surface area contributed by atoms with E-state index in [2.05, 4.69) is 15.9 Å². The van der Waals surface area contributed by atoms with Crippen LogP contribution in [-0.4, -0.2) is 18.9 Å². The Bertz CT molecular complexity index is 177. The summed E-state index contributed by atoms with van der Waals surface area (Å²) in [6.07, 6.45) is 0.845. The van der Waals surface area contributed by atoms with Gasteiger partial charge in [-0.1, -0.05) is 7.43 Å². The summed E-state index contributed by atoms with van der Waals surface area (Å²) in [4.78, 5) is 10.5. The number of esters is 1. The quantitative estimate of drug-likeness (QED) is 0.670. The molecule has 1 unspecified atom stereocenters. The standard InChI is InChI=1S/C6H7BrO3.CH4/c1-2-9-6-4(7)3-5(8)10-6;/h3,6H,2H2,1H3;1H4. The lowest BCUT2D eigenvalue weighted by molar-refractivity contribution is -0.157. The molecule has 0 aromatic rings. The molecule has 0 bridgehead atoms. The van der Waals surface area contributed by atoms with Gasteiger partial charge in [0.05, 0.1) is 4.48 Å². The average molecular weight is 223 g/mol. The molecule has 0 amide bonds. The molecule has 4 heteroatoms. The highest BCUT2D eigenvalue weighted by molar-refractivity contribution is 9.11. The largest absolute Gasteiger partial charge is 0.427 e. The molecular formula is C7H11BrO3. The van der Waals surface area contributed by atoms with Crippen molar-refractivity contribution in [3.8, 4) is 0 Å². The maximum absolute atomic E-state index is 10.5. The Hall–Kier alpha value is -0.350. The van der Waals surface area contributed by atoms with Crippen LogP contribution in [0.3, 0.4) is 0 Å². The molecule has 0 radical (unpaired) electrons. The Morgan fingerprint density at radius 2 is 2.45 bits per heavy atom. The third kappa shape index (κ3) is 2.63. The number of cyclic esters (lactones) is 1. The van der Waals surface area contributed by atoms with E-state index in [1.807, 2.05) is 6.92 Å². The predicted octanol–water partition coefficient (Wildman–Crippen LogP) is 1.82. The van der Waals surface area contributed by atoms with E-state index in [9.17, 15) is 4.79 Å². The van der Waals surface area contributed by atoms with Crippen LogP contribution in [0.5, 0.6) is 0 Å². The van der Waals surface area contributed by atoms with Crippen LogP contribution in [-0.2, 0) is 14.3 Å². The highest BCUT2D eigenvalue weighted by Gasteiger charge is 2.23. The number of carbonyl (C=O) groups is 1. The van der Waals surface area contributed by atoms with Crippen molar-refractivity contribution in [1.29, 1.82) is 0 Å². The van der Waals surface area contributed by atoms with Crippen LogP contribution >= 0.6 is 15.9 Å². The van der Waals surface area contributed by atoms with Gasteiger partial charge in [-0.25, -0.2) is 4.79 Å². The van der Waals surface area contributed by atoms with Gasteiger partial charge in [0.1, 0.15) is 0 Å². The van der Waals surface area contributed by atoms with Gasteiger partial charge in [0.15, 0.2) is 0 Å². The zero-order valence-corrected chi connectivity index (χ0v) is 7.05. The fourth-order valence-electron chi connectivity index (χ4n) is 0.641. The molecule has 0 aliphatic carbocycles. The first-order chi connectivity index (χ1) is 4.74. The summed E-state index contributed by atoms with van der Waals surface area (Å²) in [5.41, 5.74) is 0. The van der Waals surface area contributed by atoms with Crippen LogP contribution in [0.2, 0.25) is 0 Å². The van der Waals surface area contributed by atoms with E-state index in [1.165, 1.54) is 6.08 Å². The smallest absolute Gasteiger partial charge is 0.334 e. The van der Waals surface area contributed by atoms with Crippen molar-refractivity contribution in [2.45, 2.75) is 20.6 Å². The summed E-state index contributed by atoms with van der Waals surface area (Å²) in [5.74, 6) is -0.356. The minimum absolute atomic E-state index is 0. The highest BCUT2D eigenvalue weighted by atomic mass is 79.9. The summed E-state index contributed by atoms with van der Waals surface area (Å²) in [6.45, 7) is 2.37. The van der Waals surface area contributed by atoms with Crippen molar-refractivity contribution in [2.24, 2.45) is 0 Å². The van der Waals surface area contributed by atoms with Crippen molar-refractivity contribution in [1.82, 2.24) is 0 Å². The van der Waals surface area contributed by atoms with Crippen molar-refractivity contribution < 1.29 is 14.3 Å². The lowest BCUT2D eigenvalue weighted by Gasteiger charge is -2.08. The molecule has 0 aromatic carbocycles. The van der Waals surface area contributed by atoms with E-state index < -0.39 is 6.29 Å². The van der Waals surface area contributed by atoms with Crippen molar-refractivity contribution >= 4 is 21.9 Å².